The molecule has 0 bridgehead atoms. The molecule has 1 saturated heterocycles. The highest BCUT2D eigenvalue weighted by Crippen LogP contribution is 2.41. The maximum atomic E-state index is 6.24. The Morgan fingerprint density at radius 2 is 1.55 bits per heavy atom. The van der Waals surface area contributed by atoms with E-state index in [1.54, 1.807) is 0 Å². The Morgan fingerprint density at radius 3 is 2.05 bits per heavy atom. The molecule has 2 nitrogen and oxygen atoms in total. The molecule has 1 atom stereocenters. The van der Waals surface area contributed by atoms with E-state index in [-0.39, 0.29) is 24.1 Å². The highest BCUT2D eigenvalue weighted by Gasteiger charge is 2.52. The van der Waals surface area contributed by atoms with Crippen molar-refractivity contribution in [1.29, 1.82) is 0 Å². The summed E-state index contributed by atoms with van der Waals surface area (Å²) >= 11 is 0. The average molecular weight is 304 g/mol. The van der Waals surface area contributed by atoms with Crippen LogP contribution in [0.25, 0.3) is 0 Å². The second-order valence-corrected chi connectivity index (χ2v) is 7.21. The number of hydrogen-bond donors (Lipinski definition) is 0. The van der Waals surface area contributed by atoms with E-state index < -0.39 is 0 Å². The molecule has 124 valence electrons. The lowest BCUT2D eigenvalue weighted by molar-refractivity contribution is 0.00578. The first-order valence-corrected chi connectivity index (χ1v) is 8.48. The fourth-order valence-corrected chi connectivity index (χ4v) is 2.54. The van der Waals surface area contributed by atoms with E-state index >= 15 is 0 Å². The van der Waals surface area contributed by atoms with Gasteiger partial charge in [-0.1, -0.05) is 36.0 Å². The first-order valence-electron chi connectivity index (χ1n) is 8.48. The van der Waals surface area contributed by atoms with Crippen LogP contribution in [-0.4, -0.2) is 18.3 Å². The molecule has 0 radical (unpaired) electrons. The Morgan fingerprint density at radius 1 is 1.00 bits per heavy atom. The normalized spacial score (nSPS) is 22.9. The van der Waals surface area contributed by atoms with E-state index in [4.69, 9.17) is 9.31 Å². The van der Waals surface area contributed by atoms with E-state index in [2.05, 4.69) is 78.8 Å². The molecule has 0 unspecified atom stereocenters. The molecule has 0 saturated carbocycles. The molecule has 3 heteroatoms. The van der Waals surface area contributed by atoms with Crippen molar-refractivity contribution in [2.75, 3.05) is 0 Å². The minimum Gasteiger partial charge on any atom is -0.403 e. The molecule has 1 rings (SSSR count). The predicted molar refractivity (Wildman–Crippen MR) is 97.1 cm³/mol. The van der Waals surface area contributed by atoms with Gasteiger partial charge in [-0.15, -0.1) is 0 Å². The molecular formula is C19H33BO2. The lowest BCUT2D eigenvalue weighted by atomic mass is 9.69. The van der Waals surface area contributed by atoms with Crippen molar-refractivity contribution >= 4 is 7.12 Å². The summed E-state index contributed by atoms with van der Waals surface area (Å²) in [6.07, 6.45) is 14.1. The zero-order chi connectivity index (χ0) is 16.8. The molecule has 0 aliphatic carbocycles. The fraction of sp³-hybridized carbons (Fsp3) is 0.684. The van der Waals surface area contributed by atoms with Gasteiger partial charge in [0.25, 0.3) is 0 Å². The maximum absolute atomic E-state index is 6.24. The molecule has 0 amide bonds. The van der Waals surface area contributed by atoms with Crippen LogP contribution in [0.3, 0.4) is 0 Å². The van der Waals surface area contributed by atoms with Gasteiger partial charge >= 0.3 is 7.12 Å². The average Bonchev–Trinajstić information content (AvgIpc) is 2.63. The number of rotatable bonds is 7. The van der Waals surface area contributed by atoms with Crippen molar-refractivity contribution < 1.29 is 9.31 Å². The molecule has 0 spiro atoms. The van der Waals surface area contributed by atoms with Crippen LogP contribution in [-0.2, 0) is 9.31 Å². The van der Waals surface area contributed by atoms with E-state index in [0.717, 1.165) is 19.3 Å². The summed E-state index contributed by atoms with van der Waals surface area (Å²) in [5.41, 5.74) is 0.874. The second-order valence-electron chi connectivity index (χ2n) is 7.21. The Hall–Kier alpha value is -0.795. The summed E-state index contributed by atoms with van der Waals surface area (Å²) in [5.74, 6) is 0.267. The van der Waals surface area contributed by atoms with Crippen molar-refractivity contribution in [2.24, 2.45) is 0 Å². The smallest absolute Gasteiger partial charge is 0.403 e. The van der Waals surface area contributed by atoms with Gasteiger partial charge in [-0.25, -0.2) is 0 Å². The molecule has 1 fully saturated rings. The molecule has 0 aromatic heterocycles. The second kappa shape index (κ2) is 8.17. The monoisotopic (exact) mass is 304 g/mol. The first-order chi connectivity index (χ1) is 10.2. The molecule has 0 aromatic carbocycles. The number of hydrogen-bond acceptors (Lipinski definition) is 2. The molecule has 1 heterocycles. The summed E-state index contributed by atoms with van der Waals surface area (Å²) in [7, 11) is -0.169. The fourth-order valence-electron chi connectivity index (χ4n) is 2.54. The van der Waals surface area contributed by atoms with Crippen molar-refractivity contribution in [1.82, 2.24) is 0 Å². The molecule has 1 aliphatic heterocycles. The van der Waals surface area contributed by atoms with Crippen LogP contribution in [0.5, 0.6) is 0 Å². The summed E-state index contributed by atoms with van der Waals surface area (Å²) in [5, 5.41) is 0. The Kier molecular flexibility index (Phi) is 7.15. The van der Waals surface area contributed by atoms with Crippen molar-refractivity contribution in [3.8, 4) is 0 Å². The highest BCUT2D eigenvalue weighted by molar-refractivity contribution is 6.48. The van der Waals surface area contributed by atoms with Crippen LogP contribution in [0.2, 0.25) is 5.82 Å². The van der Waals surface area contributed by atoms with Crippen LogP contribution in [0.15, 0.2) is 36.0 Å². The van der Waals surface area contributed by atoms with Gasteiger partial charge in [0.05, 0.1) is 11.2 Å². The van der Waals surface area contributed by atoms with Crippen molar-refractivity contribution in [2.45, 2.75) is 84.7 Å². The van der Waals surface area contributed by atoms with Gasteiger partial charge in [0.1, 0.15) is 0 Å². The summed E-state index contributed by atoms with van der Waals surface area (Å²) in [4.78, 5) is 0. The first kappa shape index (κ1) is 19.3. The van der Waals surface area contributed by atoms with Crippen LogP contribution >= 0.6 is 0 Å². The third kappa shape index (κ3) is 5.14. The largest absolute Gasteiger partial charge is 0.465 e. The topological polar surface area (TPSA) is 18.5 Å². The molecular weight excluding hydrogens is 271 g/mol. The maximum Gasteiger partial charge on any atom is 0.465 e. The minimum absolute atomic E-state index is 0.169. The van der Waals surface area contributed by atoms with Crippen LogP contribution in [0, 0.1) is 0 Å². The molecule has 22 heavy (non-hydrogen) atoms. The zero-order valence-corrected chi connectivity index (χ0v) is 15.5. The van der Waals surface area contributed by atoms with Gasteiger partial charge in [0.15, 0.2) is 0 Å². The van der Waals surface area contributed by atoms with Gasteiger partial charge in [0.2, 0.25) is 0 Å². The van der Waals surface area contributed by atoms with E-state index in [9.17, 15) is 0 Å². The van der Waals surface area contributed by atoms with Gasteiger partial charge in [-0.2, -0.15) is 0 Å². The molecule has 1 aliphatic rings. The summed E-state index contributed by atoms with van der Waals surface area (Å²) in [6, 6.07) is 0. The third-order valence-corrected chi connectivity index (χ3v) is 4.70. The summed E-state index contributed by atoms with van der Waals surface area (Å²) in [6.45, 7) is 14.8. The predicted octanol–water partition coefficient (Wildman–Crippen LogP) is 5.72. The zero-order valence-electron chi connectivity index (χ0n) is 15.5. The summed E-state index contributed by atoms with van der Waals surface area (Å²) < 4.78 is 12.5. The quantitative estimate of drug-likeness (QED) is 0.442. The lowest BCUT2D eigenvalue weighted by Crippen LogP contribution is -2.41. The minimum atomic E-state index is -0.265. The van der Waals surface area contributed by atoms with E-state index in [1.807, 2.05) is 0 Å². The SMILES string of the molecule is C/C=C\CC/C(C)=C\[C@@H](C/C=C\C)B1OC(C)(C)C(C)(C)O1. The van der Waals surface area contributed by atoms with Gasteiger partial charge in [-0.3, -0.25) is 0 Å². The lowest BCUT2D eigenvalue weighted by Gasteiger charge is -2.32. The van der Waals surface area contributed by atoms with Gasteiger partial charge < -0.3 is 9.31 Å². The standard InChI is InChI=1S/C19H33BO2/c1-8-10-12-13-16(3)15-17(14-11-9-2)20-21-18(4,5)19(6,7)22-20/h8-11,15,17H,12-14H2,1-7H3/b10-8-,11-9-,16-15-/t17-/m1/s1. The van der Waals surface area contributed by atoms with Crippen LogP contribution in [0.1, 0.15) is 67.7 Å². The van der Waals surface area contributed by atoms with E-state index in [0.29, 0.717) is 0 Å². The molecule has 0 aromatic rings. The highest BCUT2D eigenvalue weighted by atomic mass is 16.7. The molecule has 0 N–H and O–H groups in total. The Bertz CT molecular complexity index is 417. The van der Waals surface area contributed by atoms with Gasteiger partial charge in [-0.05, 0) is 67.7 Å². The van der Waals surface area contributed by atoms with Crippen LogP contribution < -0.4 is 0 Å². The Labute approximate surface area is 137 Å². The number of allylic oxidation sites excluding steroid dienone is 6. The van der Waals surface area contributed by atoms with Gasteiger partial charge in [0, 0.05) is 5.82 Å². The van der Waals surface area contributed by atoms with Crippen molar-refractivity contribution in [3.63, 3.8) is 0 Å². The Balaban J connectivity index is 2.83. The van der Waals surface area contributed by atoms with Crippen molar-refractivity contribution in [3.05, 3.63) is 36.0 Å². The third-order valence-electron chi connectivity index (χ3n) is 4.70. The van der Waals surface area contributed by atoms with Crippen LogP contribution in [0.4, 0.5) is 0 Å². The van der Waals surface area contributed by atoms with E-state index in [1.165, 1.54) is 5.57 Å².